The Labute approximate surface area is 128 Å². The number of ether oxygens (including phenoxy) is 2. The number of fused-ring (bicyclic) bond motifs is 1. The van der Waals surface area contributed by atoms with Crippen LogP contribution in [0.25, 0.3) is 0 Å². The van der Waals surface area contributed by atoms with Crippen LogP contribution in [0.3, 0.4) is 0 Å². The van der Waals surface area contributed by atoms with Crippen molar-refractivity contribution < 1.29 is 31.9 Å². The third-order valence-electron chi connectivity index (χ3n) is 3.04. The van der Waals surface area contributed by atoms with Gasteiger partial charge >= 0.3 is 18.1 Å². The number of para-hydroxylation sites is 2. The van der Waals surface area contributed by atoms with Crippen molar-refractivity contribution in [3.8, 4) is 11.5 Å². The summed E-state index contributed by atoms with van der Waals surface area (Å²) >= 11 is 0. The Morgan fingerprint density at radius 3 is 2.30 bits per heavy atom. The summed E-state index contributed by atoms with van der Waals surface area (Å²) in [6.45, 7) is -0.0107. The van der Waals surface area contributed by atoms with Gasteiger partial charge in [-0.15, -0.1) is 0 Å². The molecule has 2 heterocycles. The average molecular weight is 328 g/mol. The maximum absolute atomic E-state index is 13.3. The largest absolute Gasteiger partial charge is 0.492 e. The maximum Gasteiger partial charge on any atom is 0.492 e. The Morgan fingerprint density at radius 2 is 1.78 bits per heavy atom. The second-order valence-electron chi connectivity index (χ2n) is 4.70. The molecule has 0 saturated heterocycles. The van der Waals surface area contributed by atoms with E-state index in [-0.39, 0.29) is 18.0 Å². The van der Waals surface area contributed by atoms with Crippen LogP contribution < -0.4 is 20.1 Å². The van der Waals surface area contributed by atoms with Crippen molar-refractivity contribution in [2.24, 2.45) is 0 Å². The Bertz CT molecular complexity index is 675. The molecule has 2 aromatic rings. The van der Waals surface area contributed by atoms with Crippen LogP contribution in [-0.2, 0) is 6.54 Å². The molecule has 0 spiro atoms. The first kappa shape index (κ1) is 15.1. The van der Waals surface area contributed by atoms with Crippen LogP contribution in [0.4, 0.5) is 18.0 Å². The fraction of sp³-hybridized carbons (Fsp3) is 0.214. The van der Waals surface area contributed by atoms with Crippen molar-refractivity contribution in [2.75, 3.05) is 0 Å². The molecule has 1 aliphatic rings. The van der Waals surface area contributed by atoms with Crippen LogP contribution in [0.15, 0.2) is 47.3 Å². The summed E-state index contributed by atoms with van der Waals surface area (Å²) in [5, 5.41) is 3.96. The number of amides is 2. The number of hydrogen-bond donors (Lipinski definition) is 2. The van der Waals surface area contributed by atoms with E-state index in [0.29, 0.717) is 5.56 Å². The van der Waals surface area contributed by atoms with E-state index in [1.807, 2.05) is 0 Å². The fourth-order valence-corrected chi connectivity index (χ4v) is 1.96. The van der Waals surface area contributed by atoms with Crippen LogP contribution in [0.5, 0.6) is 11.5 Å². The smallest absolute Gasteiger partial charge is 0.472 e. The van der Waals surface area contributed by atoms with Gasteiger partial charge in [-0.25, -0.2) is 4.79 Å². The van der Waals surface area contributed by atoms with Gasteiger partial charge in [0.15, 0.2) is 11.5 Å². The maximum atomic E-state index is 13.3. The van der Waals surface area contributed by atoms with E-state index in [1.165, 1.54) is 36.8 Å². The van der Waals surface area contributed by atoms with Crippen LogP contribution in [-0.4, -0.2) is 18.1 Å². The number of hydrogen-bond acceptors (Lipinski definition) is 4. The van der Waals surface area contributed by atoms with Crippen molar-refractivity contribution in [3.05, 3.63) is 48.4 Å². The topological polar surface area (TPSA) is 72.7 Å². The number of carbonyl (C=O) groups excluding carboxylic acids is 1. The number of furan rings is 1. The molecule has 3 rings (SSSR count). The Morgan fingerprint density at radius 1 is 1.13 bits per heavy atom. The molecular weight excluding hydrogens is 317 g/mol. The van der Waals surface area contributed by atoms with Crippen molar-refractivity contribution in [1.82, 2.24) is 10.6 Å². The summed E-state index contributed by atoms with van der Waals surface area (Å²) in [4.78, 5) is 11.8. The molecule has 1 aromatic carbocycles. The number of alkyl halides is 3. The Kier molecular flexibility index (Phi) is 3.55. The minimum atomic E-state index is -4.99. The molecule has 122 valence electrons. The Balaban J connectivity index is 1.73. The lowest BCUT2D eigenvalue weighted by Gasteiger charge is -2.29. The highest BCUT2D eigenvalue weighted by atomic mass is 19.4. The van der Waals surface area contributed by atoms with Crippen LogP contribution in [0, 0.1) is 0 Å². The molecule has 9 heteroatoms. The highest BCUT2D eigenvalue weighted by molar-refractivity contribution is 5.74. The second-order valence-corrected chi connectivity index (χ2v) is 4.70. The molecule has 0 radical (unpaired) electrons. The van der Waals surface area contributed by atoms with Crippen LogP contribution in [0.2, 0.25) is 0 Å². The van der Waals surface area contributed by atoms with Gasteiger partial charge in [-0.2, -0.15) is 13.2 Å². The first-order valence-corrected chi connectivity index (χ1v) is 6.50. The SMILES string of the molecule is O=C(NCc1ccoc1)NC1(C(F)(F)F)Oc2ccccc2O1. The quantitative estimate of drug-likeness (QED) is 0.909. The molecule has 0 unspecified atom stereocenters. The van der Waals surface area contributed by atoms with Gasteiger partial charge in [0.2, 0.25) is 0 Å². The normalized spacial score (nSPS) is 15.3. The predicted molar refractivity (Wildman–Crippen MR) is 70.6 cm³/mol. The predicted octanol–water partition coefficient (Wildman–Crippen LogP) is 2.77. The van der Waals surface area contributed by atoms with Gasteiger partial charge in [-0.05, 0) is 18.2 Å². The molecule has 1 aromatic heterocycles. The molecule has 0 bridgehead atoms. The first-order chi connectivity index (χ1) is 10.9. The zero-order valence-electron chi connectivity index (χ0n) is 11.5. The van der Waals surface area contributed by atoms with E-state index in [9.17, 15) is 18.0 Å². The van der Waals surface area contributed by atoms with Crippen molar-refractivity contribution in [2.45, 2.75) is 18.6 Å². The van der Waals surface area contributed by atoms with Crippen molar-refractivity contribution >= 4 is 6.03 Å². The van der Waals surface area contributed by atoms with Gasteiger partial charge in [0.05, 0.1) is 12.5 Å². The number of halogens is 3. The molecule has 0 aliphatic carbocycles. The minimum Gasteiger partial charge on any atom is -0.472 e. The summed E-state index contributed by atoms with van der Waals surface area (Å²) in [5.74, 6) is -3.49. The minimum absolute atomic E-state index is 0.0107. The number of nitrogens with one attached hydrogen (secondary N) is 2. The van der Waals surface area contributed by atoms with Crippen molar-refractivity contribution in [1.29, 1.82) is 0 Å². The summed E-state index contributed by atoms with van der Waals surface area (Å²) in [6, 6.07) is 6.08. The zero-order chi connectivity index (χ0) is 16.5. The molecule has 2 N–H and O–H groups in total. The molecule has 2 amide bonds. The van der Waals surface area contributed by atoms with Gasteiger partial charge in [0, 0.05) is 12.1 Å². The molecule has 0 fully saturated rings. The number of rotatable bonds is 3. The van der Waals surface area contributed by atoms with E-state index in [0.717, 1.165) is 0 Å². The van der Waals surface area contributed by atoms with Gasteiger partial charge in [0.25, 0.3) is 0 Å². The van der Waals surface area contributed by atoms with Gasteiger partial charge in [-0.3, -0.25) is 5.32 Å². The third-order valence-corrected chi connectivity index (χ3v) is 3.04. The standard InChI is InChI=1S/C14H11F3N2O4/c15-13(16,17)14(22-10-3-1-2-4-11(10)23-14)19-12(20)18-7-9-5-6-21-8-9/h1-6,8H,7H2,(H2,18,19,20). The number of carbonyl (C=O) groups is 1. The van der Waals surface area contributed by atoms with E-state index in [2.05, 4.69) is 5.32 Å². The summed E-state index contributed by atoms with van der Waals surface area (Å²) in [6.07, 6.45) is -2.25. The Hall–Kier alpha value is -2.84. The van der Waals surface area contributed by atoms with E-state index in [4.69, 9.17) is 13.9 Å². The van der Waals surface area contributed by atoms with E-state index in [1.54, 1.807) is 11.4 Å². The molecule has 23 heavy (non-hydrogen) atoms. The van der Waals surface area contributed by atoms with Crippen LogP contribution >= 0.6 is 0 Å². The van der Waals surface area contributed by atoms with E-state index < -0.39 is 18.1 Å². The van der Waals surface area contributed by atoms with Crippen molar-refractivity contribution in [3.63, 3.8) is 0 Å². The highest BCUT2D eigenvalue weighted by Gasteiger charge is 2.65. The highest BCUT2D eigenvalue weighted by Crippen LogP contribution is 2.44. The lowest BCUT2D eigenvalue weighted by atomic mass is 10.3. The van der Waals surface area contributed by atoms with Gasteiger partial charge in [0.1, 0.15) is 0 Å². The first-order valence-electron chi connectivity index (χ1n) is 6.50. The van der Waals surface area contributed by atoms with Gasteiger partial charge in [-0.1, -0.05) is 12.1 Å². The summed E-state index contributed by atoms with van der Waals surface area (Å²) < 4.78 is 54.5. The third kappa shape index (κ3) is 2.89. The molecular formula is C14H11F3N2O4. The lowest BCUT2D eigenvalue weighted by molar-refractivity contribution is -0.317. The van der Waals surface area contributed by atoms with Crippen LogP contribution in [0.1, 0.15) is 5.56 Å². The number of benzene rings is 1. The summed E-state index contributed by atoms with van der Waals surface area (Å²) in [5.41, 5.74) is 0.595. The monoisotopic (exact) mass is 328 g/mol. The van der Waals surface area contributed by atoms with Gasteiger partial charge < -0.3 is 19.2 Å². The fourth-order valence-electron chi connectivity index (χ4n) is 1.96. The molecule has 6 nitrogen and oxygen atoms in total. The second kappa shape index (κ2) is 5.41. The lowest BCUT2D eigenvalue weighted by Crippen LogP contribution is -2.66. The molecule has 0 saturated carbocycles. The molecule has 0 atom stereocenters. The zero-order valence-corrected chi connectivity index (χ0v) is 11.5. The molecule has 1 aliphatic heterocycles. The number of urea groups is 1. The average Bonchev–Trinajstić information content (AvgIpc) is 3.11. The van der Waals surface area contributed by atoms with E-state index >= 15 is 0 Å². The summed E-state index contributed by atoms with van der Waals surface area (Å²) in [7, 11) is 0.